The first-order valence-electron chi connectivity index (χ1n) is 15.5. The highest BCUT2D eigenvalue weighted by atomic mass is 28.4. The number of hydrogen-bond donors (Lipinski definition) is 1. The second kappa shape index (κ2) is 10.1. The Hall–Kier alpha value is -0.683. The summed E-state index contributed by atoms with van der Waals surface area (Å²) in [6.07, 6.45) is 10.4. The Labute approximate surface area is 228 Å². The maximum absolute atomic E-state index is 14.4. The molecule has 10 atom stereocenters. The topological polar surface area (TPSA) is 63.6 Å². The molecule has 212 valence electrons. The number of carbonyl (C=O) groups excluding carboxylic acids is 1. The van der Waals surface area contributed by atoms with Crippen LogP contribution in [0, 0.1) is 52.3 Å². The van der Waals surface area contributed by atoms with E-state index in [1.165, 1.54) is 19.3 Å². The smallest absolute Gasteiger partial charge is 0.303 e. The molecule has 4 aliphatic rings. The fourth-order valence-corrected chi connectivity index (χ4v) is 11.2. The van der Waals surface area contributed by atoms with E-state index < -0.39 is 14.3 Å². The summed E-state index contributed by atoms with van der Waals surface area (Å²) >= 11 is 0. The number of ketones is 1. The lowest BCUT2D eigenvalue weighted by Gasteiger charge is -2.62. The predicted octanol–water partition coefficient (Wildman–Crippen LogP) is 8.35. The fourth-order valence-electron chi connectivity index (χ4n) is 9.85. The van der Waals surface area contributed by atoms with E-state index in [2.05, 4.69) is 61.6 Å². The number of fused-ring (bicyclic) bond motifs is 5. The van der Waals surface area contributed by atoms with Gasteiger partial charge in [0.05, 0.1) is 0 Å². The van der Waals surface area contributed by atoms with Crippen LogP contribution in [0.4, 0.5) is 0 Å². The number of Topliss-reactive ketones (excluding diaryl/α,β-unsaturated/α-hetero) is 1. The summed E-state index contributed by atoms with van der Waals surface area (Å²) in [4.78, 5) is 25.7. The van der Waals surface area contributed by atoms with Gasteiger partial charge in [-0.2, -0.15) is 0 Å². The molecule has 0 aromatic carbocycles. The van der Waals surface area contributed by atoms with Crippen LogP contribution in [0.15, 0.2) is 0 Å². The molecule has 0 amide bonds. The molecule has 1 unspecified atom stereocenters. The number of hydrogen-bond acceptors (Lipinski definition) is 3. The van der Waals surface area contributed by atoms with Crippen molar-refractivity contribution in [2.45, 2.75) is 137 Å². The van der Waals surface area contributed by atoms with Gasteiger partial charge in [0.2, 0.25) is 0 Å². The summed E-state index contributed by atoms with van der Waals surface area (Å²) in [6.45, 7) is 21.3. The lowest BCUT2D eigenvalue weighted by atomic mass is 9.42. The van der Waals surface area contributed by atoms with Gasteiger partial charge < -0.3 is 9.53 Å². The van der Waals surface area contributed by atoms with Gasteiger partial charge in [-0.1, -0.05) is 48.5 Å². The molecule has 4 aliphatic carbocycles. The van der Waals surface area contributed by atoms with E-state index in [9.17, 15) is 14.7 Å². The third-order valence-electron chi connectivity index (χ3n) is 12.9. The molecule has 4 nitrogen and oxygen atoms in total. The standard InChI is InChI=1S/C32H56O4Si/c1-10-22-26-19-21(36-37(8,9)30(3,4)5)15-17-32(26,7)25-16-18-31(6)23(20(2)11-14-27(33)34)12-13-24(31)28(25)29(22)35/h20-26,28H,10-19H2,1-9H3,(H,33,34)/t20-,21-,22?,23-,24+,25+,26+,28+,31-,32-/m1/s1. The van der Waals surface area contributed by atoms with E-state index in [1.54, 1.807) is 0 Å². The molecule has 0 heterocycles. The van der Waals surface area contributed by atoms with Crippen molar-refractivity contribution in [1.82, 2.24) is 0 Å². The van der Waals surface area contributed by atoms with Crippen LogP contribution >= 0.6 is 0 Å². The minimum absolute atomic E-state index is 0.169. The summed E-state index contributed by atoms with van der Waals surface area (Å²) in [5.74, 6) is 2.66. The summed E-state index contributed by atoms with van der Waals surface area (Å²) < 4.78 is 6.95. The van der Waals surface area contributed by atoms with Crippen molar-refractivity contribution in [3.63, 3.8) is 0 Å². The average molecular weight is 533 g/mol. The quantitative estimate of drug-likeness (QED) is 0.335. The Morgan fingerprint density at radius 3 is 2.27 bits per heavy atom. The van der Waals surface area contributed by atoms with E-state index in [0.29, 0.717) is 41.5 Å². The van der Waals surface area contributed by atoms with Crippen LogP contribution < -0.4 is 0 Å². The molecular formula is C32H56O4Si. The Kier molecular flexibility index (Phi) is 7.96. The zero-order valence-corrected chi connectivity index (χ0v) is 26.4. The Morgan fingerprint density at radius 2 is 1.68 bits per heavy atom. The maximum atomic E-state index is 14.4. The van der Waals surface area contributed by atoms with Crippen molar-refractivity contribution >= 4 is 20.1 Å². The van der Waals surface area contributed by atoms with Gasteiger partial charge in [-0.3, -0.25) is 9.59 Å². The van der Waals surface area contributed by atoms with Gasteiger partial charge in [0.15, 0.2) is 8.32 Å². The van der Waals surface area contributed by atoms with Crippen molar-refractivity contribution < 1.29 is 19.1 Å². The summed E-state index contributed by atoms with van der Waals surface area (Å²) in [7, 11) is -1.84. The third-order valence-corrected chi connectivity index (χ3v) is 17.5. The highest BCUT2D eigenvalue weighted by molar-refractivity contribution is 6.74. The van der Waals surface area contributed by atoms with Crippen molar-refractivity contribution in [2.24, 2.45) is 52.3 Å². The maximum Gasteiger partial charge on any atom is 0.303 e. The first-order chi connectivity index (χ1) is 17.1. The summed E-state index contributed by atoms with van der Waals surface area (Å²) in [5.41, 5.74) is 0.416. The number of rotatable bonds is 7. The lowest BCUT2D eigenvalue weighted by Crippen LogP contribution is -2.61. The van der Waals surface area contributed by atoms with E-state index in [1.807, 2.05) is 0 Å². The van der Waals surface area contributed by atoms with E-state index >= 15 is 0 Å². The van der Waals surface area contributed by atoms with Gasteiger partial charge in [0.25, 0.3) is 0 Å². The summed E-state index contributed by atoms with van der Waals surface area (Å²) in [5, 5.41) is 9.46. The van der Waals surface area contributed by atoms with Gasteiger partial charge >= 0.3 is 5.97 Å². The van der Waals surface area contributed by atoms with Gasteiger partial charge in [-0.25, -0.2) is 0 Å². The van der Waals surface area contributed by atoms with E-state index in [0.717, 1.165) is 38.5 Å². The fraction of sp³-hybridized carbons (Fsp3) is 0.938. The van der Waals surface area contributed by atoms with Crippen LogP contribution in [0.1, 0.15) is 113 Å². The van der Waals surface area contributed by atoms with Crippen LogP contribution in [0.3, 0.4) is 0 Å². The Bertz CT molecular complexity index is 877. The lowest BCUT2D eigenvalue weighted by molar-refractivity contribution is -0.172. The molecule has 4 rings (SSSR count). The molecule has 4 saturated carbocycles. The van der Waals surface area contributed by atoms with E-state index in [-0.39, 0.29) is 34.1 Å². The van der Waals surface area contributed by atoms with Crippen LogP contribution in [-0.4, -0.2) is 31.3 Å². The number of carbonyl (C=O) groups is 2. The molecule has 0 saturated heterocycles. The van der Waals surface area contributed by atoms with Gasteiger partial charge in [0, 0.05) is 24.4 Å². The summed E-state index contributed by atoms with van der Waals surface area (Å²) in [6, 6.07) is 0. The molecule has 4 fully saturated rings. The van der Waals surface area contributed by atoms with Crippen LogP contribution in [0.2, 0.25) is 18.1 Å². The highest BCUT2D eigenvalue weighted by Gasteiger charge is 2.65. The second-order valence-electron chi connectivity index (χ2n) is 15.7. The predicted molar refractivity (Wildman–Crippen MR) is 153 cm³/mol. The normalized spacial score (nSPS) is 43.1. The van der Waals surface area contributed by atoms with Gasteiger partial charge in [-0.15, -0.1) is 0 Å². The average Bonchev–Trinajstić information content (AvgIpc) is 3.15. The largest absolute Gasteiger partial charge is 0.481 e. The monoisotopic (exact) mass is 532 g/mol. The molecule has 5 heteroatoms. The number of carboxylic acid groups (broad SMARTS) is 1. The van der Waals surface area contributed by atoms with Gasteiger partial charge in [-0.05, 0) is 116 Å². The number of carboxylic acids is 1. The molecule has 0 aromatic heterocycles. The zero-order chi connectivity index (χ0) is 27.6. The molecule has 0 radical (unpaired) electrons. The minimum atomic E-state index is -1.84. The first kappa shape index (κ1) is 29.3. The number of aliphatic carboxylic acids is 1. The zero-order valence-electron chi connectivity index (χ0n) is 25.4. The molecule has 1 N–H and O–H groups in total. The van der Waals surface area contributed by atoms with Crippen molar-refractivity contribution in [3.05, 3.63) is 0 Å². The van der Waals surface area contributed by atoms with Crippen LogP contribution in [0.25, 0.3) is 0 Å². The van der Waals surface area contributed by atoms with Crippen molar-refractivity contribution in [2.75, 3.05) is 0 Å². The molecule has 37 heavy (non-hydrogen) atoms. The first-order valence-corrected chi connectivity index (χ1v) is 18.4. The SMILES string of the molecule is CCC1C(=O)[C@@H]2[C@H](CC[C@]3(C)[C@@H]([C@H](C)CCC(=O)O)CC[C@@H]23)[C@@]2(C)CC[C@@H](O[Si](C)(C)C(C)(C)C)C[C@@H]12. The molecular weight excluding hydrogens is 476 g/mol. The second-order valence-corrected chi connectivity index (χ2v) is 20.4. The van der Waals surface area contributed by atoms with Crippen molar-refractivity contribution in [3.8, 4) is 0 Å². The Morgan fingerprint density at radius 1 is 1.05 bits per heavy atom. The molecule has 0 aliphatic heterocycles. The van der Waals surface area contributed by atoms with Crippen LogP contribution in [0.5, 0.6) is 0 Å². The minimum Gasteiger partial charge on any atom is -0.481 e. The highest BCUT2D eigenvalue weighted by Crippen LogP contribution is 2.69. The van der Waals surface area contributed by atoms with Crippen LogP contribution in [-0.2, 0) is 14.0 Å². The Balaban J connectivity index is 1.57. The third kappa shape index (κ3) is 4.91. The molecule has 0 aromatic rings. The van der Waals surface area contributed by atoms with E-state index in [4.69, 9.17) is 4.43 Å². The molecule has 0 spiro atoms. The molecule has 0 bridgehead atoms. The van der Waals surface area contributed by atoms with Crippen molar-refractivity contribution in [1.29, 1.82) is 0 Å². The van der Waals surface area contributed by atoms with Gasteiger partial charge in [0.1, 0.15) is 5.78 Å².